The zero-order chi connectivity index (χ0) is 16.2. The van der Waals surface area contributed by atoms with Crippen LogP contribution in [0.5, 0.6) is 5.75 Å². The van der Waals surface area contributed by atoms with E-state index in [1.807, 2.05) is 26.8 Å². The first-order valence-corrected chi connectivity index (χ1v) is 8.44. The smallest absolute Gasteiger partial charge is 0.282 e. The molecule has 0 radical (unpaired) electrons. The molecular weight excluding hydrogens is 298 g/mol. The molecular formula is C17H19NO3S. The first-order chi connectivity index (χ1) is 10.4. The second kappa shape index (κ2) is 6.75. The standard InChI is InChI=1S/C17H19NO3S/c1-13(2)21-16-6-4-5-15(11-16)12-18-22(19,20)17-9-7-14(3)8-10-17/h4-13H,1-3H3/b18-12-. The van der Waals surface area contributed by atoms with E-state index in [9.17, 15) is 8.42 Å². The Labute approximate surface area is 131 Å². The van der Waals surface area contributed by atoms with Crippen LogP contribution in [0.2, 0.25) is 0 Å². The summed E-state index contributed by atoms with van der Waals surface area (Å²) in [6.45, 7) is 5.77. The highest BCUT2D eigenvalue weighted by Gasteiger charge is 2.10. The Kier molecular flexibility index (Phi) is 4.98. The summed E-state index contributed by atoms with van der Waals surface area (Å²) in [5.74, 6) is 0.687. The summed E-state index contributed by atoms with van der Waals surface area (Å²) >= 11 is 0. The molecule has 0 bridgehead atoms. The molecule has 0 atom stereocenters. The Morgan fingerprint density at radius 2 is 1.77 bits per heavy atom. The van der Waals surface area contributed by atoms with Crippen LogP contribution in [0.3, 0.4) is 0 Å². The molecule has 0 aliphatic rings. The Bertz CT molecular complexity index is 763. The minimum atomic E-state index is -3.68. The molecule has 2 aromatic rings. The molecule has 22 heavy (non-hydrogen) atoms. The molecule has 0 spiro atoms. The molecule has 0 fully saturated rings. The predicted molar refractivity (Wildman–Crippen MR) is 88.2 cm³/mol. The summed E-state index contributed by atoms with van der Waals surface area (Å²) in [6, 6.07) is 13.8. The van der Waals surface area contributed by atoms with Crippen LogP contribution >= 0.6 is 0 Å². The maximum absolute atomic E-state index is 12.2. The molecule has 0 N–H and O–H groups in total. The van der Waals surface area contributed by atoms with Crippen LogP contribution in [0.15, 0.2) is 57.8 Å². The fourth-order valence-corrected chi connectivity index (χ4v) is 2.70. The Morgan fingerprint density at radius 1 is 1.09 bits per heavy atom. The number of sulfonamides is 1. The number of nitrogens with zero attached hydrogens (tertiary/aromatic N) is 1. The van der Waals surface area contributed by atoms with Crippen LogP contribution < -0.4 is 4.74 Å². The summed E-state index contributed by atoms with van der Waals surface area (Å²) in [5, 5.41) is 0. The minimum Gasteiger partial charge on any atom is -0.491 e. The van der Waals surface area contributed by atoms with E-state index in [2.05, 4.69) is 4.40 Å². The number of aryl methyl sites for hydroxylation is 1. The zero-order valence-corrected chi connectivity index (χ0v) is 13.7. The van der Waals surface area contributed by atoms with Gasteiger partial charge in [0.15, 0.2) is 0 Å². The van der Waals surface area contributed by atoms with Gasteiger partial charge in [-0.3, -0.25) is 0 Å². The van der Waals surface area contributed by atoms with Crippen molar-refractivity contribution in [2.45, 2.75) is 31.8 Å². The number of rotatable bonds is 5. The molecule has 0 saturated carbocycles. The first kappa shape index (κ1) is 16.2. The average molecular weight is 317 g/mol. The van der Waals surface area contributed by atoms with Gasteiger partial charge in [0.05, 0.1) is 11.0 Å². The van der Waals surface area contributed by atoms with E-state index >= 15 is 0 Å². The topological polar surface area (TPSA) is 55.7 Å². The molecule has 2 rings (SSSR count). The molecule has 0 aliphatic carbocycles. The fourth-order valence-electron chi connectivity index (χ4n) is 1.84. The van der Waals surface area contributed by atoms with Gasteiger partial charge in [-0.1, -0.05) is 29.8 Å². The van der Waals surface area contributed by atoms with Crippen LogP contribution in [0.1, 0.15) is 25.0 Å². The molecule has 0 aromatic heterocycles. The average Bonchev–Trinajstić information content (AvgIpc) is 2.45. The number of hydrogen-bond acceptors (Lipinski definition) is 3. The summed E-state index contributed by atoms with van der Waals surface area (Å²) in [5.41, 5.74) is 1.68. The highest BCUT2D eigenvalue weighted by Crippen LogP contribution is 2.16. The van der Waals surface area contributed by atoms with E-state index in [0.717, 1.165) is 5.56 Å². The van der Waals surface area contributed by atoms with E-state index in [1.54, 1.807) is 42.5 Å². The van der Waals surface area contributed by atoms with Crippen molar-refractivity contribution in [1.29, 1.82) is 0 Å². The van der Waals surface area contributed by atoms with E-state index < -0.39 is 10.0 Å². The van der Waals surface area contributed by atoms with Crippen molar-refractivity contribution in [3.8, 4) is 5.75 Å². The van der Waals surface area contributed by atoms with Gasteiger partial charge in [-0.15, -0.1) is 0 Å². The lowest BCUT2D eigenvalue weighted by Crippen LogP contribution is -2.05. The zero-order valence-electron chi connectivity index (χ0n) is 12.9. The van der Waals surface area contributed by atoms with Gasteiger partial charge in [-0.25, -0.2) is 0 Å². The first-order valence-electron chi connectivity index (χ1n) is 7.00. The van der Waals surface area contributed by atoms with Gasteiger partial charge in [0.1, 0.15) is 5.75 Å². The van der Waals surface area contributed by atoms with Gasteiger partial charge in [0, 0.05) is 6.21 Å². The van der Waals surface area contributed by atoms with Crippen molar-refractivity contribution < 1.29 is 13.2 Å². The predicted octanol–water partition coefficient (Wildman–Crippen LogP) is 3.59. The largest absolute Gasteiger partial charge is 0.491 e. The highest BCUT2D eigenvalue weighted by molar-refractivity contribution is 7.90. The molecule has 0 amide bonds. The van der Waals surface area contributed by atoms with Crippen LogP contribution in [0.4, 0.5) is 0 Å². The van der Waals surface area contributed by atoms with Crippen LogP contribution in [-0.4, -0.2) is 20.7 Å². The fraction of sp³-hybridized carbons (Fsp3) is 0.235. The van der Waals surface area contributed by atoms with Gasteiger partial charge >= 0.3 is 0 Å². The lowest BCUT2D eigenvalue weighted by molar-refractivity contribution is 0.242. The van der Waals surface area contributed by atoms with E-state index in [0.29, 0.717) is 11.3 Å². The maximum Gasteiger partial charge on any atom is 0.282 e. The molecule has 0 saturated heterocycles. The normalized spacial score (nSPS) is 12.0. The number of benzene rings is 2. The van der Waals surface area contributed by atoms with E-state index in [-0.39, 0.29) is 11.0 Å². The number of ether oxygens (including phenoxy) is 1. The summed E-state index contributed by atoms with van der Waals surface area (Å²) in [4.78, 5) is 0.184. The van der Waals surface area contributed by atoms with E-state index in [1.165, 1.54) is 6.21 Å². The Morgan fingerprint density at radius 3 is 2.41 bits per heavy atom. The van der Waals surface area contributed by atoms with Crippen LogP contribution in [-0.2, 0) is 10.0 Å². The molecule has 2 aromatic carbocycles. The lowest BCUT2D eigenvalue weighted by atomic mass is 10.2. The Hall–Kier alpha value is -2.14. The minimum absolute atomic E-state index is 0.0588. The Balaban J connectivity index is 2.22. The molecule has 0 heterocycles. The summed E-state index contributed by atoms with van der Waals surface area (Å²) in [6.07, 6.45) is 1.39. The van der Waals surface area contributed by atoms with Crippen molar-refractivity contribution >= 4 is 16.2 Å². The second-order valence-electron chi connectivity index (χ2n) is 5.26. The lowest BCUT2D eigenvalue weighted by Gasteiger charge is -2.09. The van der Waals surface area contributed by atoms with E-state index in [4.69, 9.17) is 4.74 Å². The van der Waals surface area contributed by atoms with Gasteiger partial charge < -0.3 is 4.74 Å². The van der Waals surface area contributed by atoms with Crippen molar-refractivity contribution in [2.75, 3.05) is 0 Å². The summed E-state index contributed by atoms with van der Waals surface area (Å²) < 4.78 is 33.6. The van der Waals surface area contributed by atoms with Crippen LogP contribution in [0, 0.1) is 6.92 Å². The van der Waals surface area contributed by atoms with Gasteiger partial charge in [0.2, 0.25) is 0 Å². The van der Waals surface area contributed by atoms with Crippen molar-refractivity contribution in [2.24, 2.45) is 4.40 Å². The number of hydrogen-bond donors (Lipinski definition) is 0. The molecule has 4 nitrogen and oxygen atoms in total. The van der Waals surface area contributed by atoms with Gasteiger partial charge in [-0.05, 0) is 50.6 Å². The maximum atomic E-state index is 12.2. The van der Waals surface area contributed by atoms with Crippen molar-refractivity contribution in [1.82, 2.24) is 0 Å². The van der Waals surface area contributed by atoms with Crippen molar-refractivity contribution in [3.63, 3.8) is 0 Å². The third-order valence-electron chi connectivity index (χ3n) is 2.89. The molecule has 5 heteroatoms. The molecule has 116 valence electrons. The monoisotopic (exact) mass is 317 g/mol. The molecule has 0 aliphatic heterocycles. The van der Waals surface area contributed by atoms with Crippen LogP contribution in [0.25, 0.3) is 0 Å². The van der Waals surface area contributed by atoms with Gasteiger partial charge in [0.25, 0.3) is 10.0 Å². The third-order valence-corrected chi connectivity index (χ3v) is 4.14. The SMILES string of the molecule is Cc1ccc(S(=O)(=O)/N=C\c2cccc(OC(C)C)c2)cc1. The second-order valence-corrected chi connectivity index (χ2v) is 6.89. The third kappa shape index (κ3) is 4.43. The summed E-state index contributed by atoms with van der Waals surface area (Å²) in [7, 11) is -3.68. The molecule has 0 unspecified atom stereocenters. The van der Waals surface area contributed by atoms with Crippen molar-refractivity contribution in [3.05, 3.63) is 59.7 Å². The highest BCUT2D eigenvalue weighted by atomic mass is 32.2. The quantitative estimate of drug-likeness (QED) is 0.792. The van der Waals surface area contributed by atoms with Gasteiger partial charge in [-0.2, -0.15) is 12.8 Å².